The first-order valence-corrected chi connectivity index (χ1v) is 8.17. The molecule has 0 aromatic heterocycles. The summed E-state index contributed by atoms with van der Waals surface area (Å²) in [7, 11) is 0. The molecule has 0 amide bonds. The van der Waals surface area contributed by atoms with E-state index in [0.717, 1.165) is 6.42 Å². The van der Waals surface area contributed by atoms with Gasteiger partial charge in [0.15, 0.2) is 0 Å². The van der Waals surface area contributed by atoms with E-state index in [1.54, 1.807) is 0 Å². The molecule has 2 unspecified atom stereocenters. The molecule has 0 bridgehead atoms. The Hall–Kier alpha value is -0.860. The summed E-state index contributed by atoms with van der Waals surface area (Å²) in [6, 6.07) is 9.40. The van der Waals surface area contributed by atoms with Crippen molar-refractivity contribution in [3.8, 4) is 0 Å². The van der Waals surface area contributed by atoms with Crippen LogP contribution >= 0.6 is 0 Å². The zero-order valence-corrected chi connectivity index (χ0v) is 13.7. The second kappa shape index (κ2) is 9.15. The van der Waals surface area contributed by atoms with E-state index in [1.165, 1.54) is 36.8 Å². The summed E-state index contributed by atoms with van der Waals surface area (Å²) in [5.74, 6) is 7.07. The maximum Gasteiger partial charge on any atom is 0.0279 e. The average molecular weight is 276 g/mol. The lowest BCUT2D eigenvalue weighted by Crippen LogP contribution is -2.42. The Kier molecular flexibility index (Phi) is 7.86. The Balaban J connectivity index is 2.66. The van der Waals surface area contributed by atoms with Crippen molar-refractivity contribution in [2.75, 3.05) is 0 Å². The summed E-state index contributed by atoms with van der Waals surface area (Å²) in [5, 5.41) is 0. The molecular weight excluding hydrogens is 244 g/mol. The van der Waals surface area contributed by atoms with Crippen LogP contribution in [0.25, 0.3) is 0 Å². The van der Waals surface area contributed by atoms with Crippen molar-refractivity contribution in [3.63, 3.8) is 0 Å². The van der Waals surface area contributed by atoms with Gasteiger partial charge in [0.25, 0.3) is 0 Å². The topological polar surface area (TPSA) is 38.0 Å². The van der Waals surface area contributed by atoms with Gasteiger partial charge in [-0.1, -0.05) is 71.2 Å². The van der Waals surface area contributed by atoms with Crippen molar-refractivity contribution in [1.82, 2.24) is 5.43 Å². The monoisotopic (exact) mass is 276 g/mol. The van der Waals surface area contributed by atoms with Crippen molar-refractivity contribution in [3.05, 3.63) is 35.4 Å². The molecule has 3 N–H and O–H groups in total. The highest BCUT2D eigenvalue weighted by Crippen LogP contribution is 2.21. The van der Waals surface area contributed by atoms with Crippen LogP contribution in [-0.2, 0) is 6.42 Å². The summed E-state index contributed by atoms with van der Waals surface area (Å²) < 4.78 is 0. The zero-order chi connectivity index (χ0) is 15.0. The molecule has 20 heavy (non-hydrogen) atoms. The van der Waals surface area contributed by atoms with Crippen LogP contribution in [-0.4, -0.2) is 6.04 Å². The SMILES string of the molecule is CCCCC(CC)C(Cc1ccc(C(C)C)cc1)NN. The minimum Gasteiger partial charge on any atom is -0.271 e. The van der Waals surface area contributed by atoms with Crippen molar-refractivity contribution >= 4 is 0 Å². The molecule has 0 spiro atoms. The lowest BCUT2D eigenvalue weighted by molar-refractivity contribution is 0.318. The number of hydrogen-bond donors (Lipinski definition) is 2. The maximum absolute atomic E-state index is 5.80. The molecule has 2 heteroatoms. The lowest BCUT2D eigenvalue weighted by Gasteiger charge is -2.26. The Labute approximate surface area is 125 Å². The van der Waals surface area contributed by atoms with E-state index in [-0.39, 0.29) is 0 Å². The molecule has 0 fully saturated rings. The van der Waals surface area contributed by atoms with Crippen LogP contribution in [0.1, 0.15) is 70.4 Å². The van der Waals surface area contributed by atoms with Crippen LogP contribution in [0.2, 0.25) is 0 Å². The molecule has 0 aliphatic carbocycles. The molecule has 0 saturated heterocycles. The third-order valence-corrected chi connectivity index (χ3v) is 4.34. The third-order valence-electron chi connectivity index (χ3n) is 4.34. The Morgan fingerprint density at radius 1 is 1.10 bits per heavy atom. The minimum absolute atomic E-state index is 0.386. The van der Waals surface area contributed by atoms with Crippen LogP contribution in [0.4, 0.5) is 0 Å². The molecular formula is C18H32N2. The quantitative estimate of drug-likeness (QED) is 0.518. The van der Waals surface area contributed by atoms with Gasteiger partial charge < -0.3 is 0 Å². The van der Waals surface area contributed by atoms with Crippen LogP contribution in [0.3, 0.4) is 0 Å². The normalized spacial score (nSPS) is 14.5. The minimum atomic E-state index is 0.386. The van der Waals surface area contributed by atoms with E-state index >= 15 is 0 Å². The van der Waals surface area contributed by atoms with E-state index in [2.05, 4.69) is 57.4 Å². The third kappa shape index (κ3) is 5.26. The van der Waals surface area contributed by atoms with Crippen LogP contribution in [0.5, 0.6) is 0 Å². The number of hydrazine groups is 1. The molecule has 0 aliphatic heterocycles. The highest BCUT2D eigenvalue weighted by Gasteiger charge is 2.18. The van der Waals surface area contributed by atoms with Gasteiger partial charge >= 0.3 is 0 Å². The summed E-state index contributed by atoms with van der Waals surface area (Å²) in [6.45, 7) is 8.99. The predicted molar refractivity (Wildman–Crippen MR) is 88.7 cm³/mol. The summed E-state index contributed by atoms with van der Waals surface area (Å²) in [4.78, 5) is 0. The number of nitrogens with one attached hydrogen (secondary N) is 1. The van der Waals surface area contributed by atoms with E-state index < -0.39 is 0 Å². The van der Waals surface area contributed by atoms with Gasteiger partial charge in [0.1, 0.15) is 0 Å². The molecule has 2 nitrogen and oxygen atoms in total. The van der Waals surface area contributed by atoms with Gasteiger partial charge in [-0.05, 0) is 35.8 Å². The first-order chi connectivity index (χ1) is 9.62. The Morgan fingerprint density at radius 3 is 2.20 bits per heavy atom. The molecule has 0 aliphatic rings. The fourth-order valence-corrected chi connectivity index (χ4v) is 2.81. The number of rotatable bonds is 9. The Bertz CT molecular complexity index is 356. The number of hydrogen-bond acceptors (Lipinski definition) is 2. The average Bonchev–Trinajstić information content (AvgIpc) is 2.47. The molecule has 0 radical (unpaired) electrons. The van der Waals surface area contributed by atoms with Crippen LogP contribution in [0.15, 0.2) is 24.3 Å². The molecule has 1 aromatic carbocycles. The molecule has 1 rings (SSSR count). The van der Waals surface area contributed by atoms with Crippen molar-refractivity contribution in [1.29, 1.82) is 0 Å². The predicted octanol–water partition coefficient (Wildman–Crippen LogP) is 4.40. The van der Waals surface area contributed by atoms with Gasteiger partial charge in [-0.2, -0.15) is 0 Å². The molecule has 114 valence electrons. The largest absolute Gasteiger partial charge is 0.271 e. The van der Waals surface area contributed by atoms with E-state index in [0.29, 0.717) is 17.9 Å². The molecule has 0 heterocycles. The van der Waals surface area contributed by atoms with Crippen molar-refractivity contribution in [2.24, 2.45) is 11.8 Å². The van der Waals surface area contributed by atoms with E-state index in [4.69, 9.17) is 5.84 Å². The summed E-state index contributed by atoms with van der Waals surface area (Å²) in [5.41, 5.74) is 5.84. The van der Waals surface area contributed by atoms with Gasteiger partial charge in [0.05, 0.1) is 0 Å². The fourth-order valence-electron chi connectivity index (χ4n) is 2.81. The van der Waals surface area contributed by atoms with E-state index in [9.17, 15) is 0 Å². The molecule has 0 saturated carbocycles. The summed E-state index contributed by atoms with van der Waals surface area (Å²) >= 11 is 0. The smallest absolute Gasteiger partial charge is 0.0279 e. The highest BCUT2D eigenvalue weighted by molar-refractivity contribution is 5.25. The van der Waals surface area contributed by atoms with Crippen LogP contribution < -0.4 is 11.3 Å². The van der Waals surface area contributed by atoms with Gasteiger partial charge in [-0.25, -0.2) is 0 Å². The number of benzene rings is 1. The lowest BCUT2D eigenvalue weighted by atomic mass is 9.87. The van der Waals surface area contributed by atoms with Gasteiger partial charge in [0, 0.05) is 6.04 Å². The Morgan fingerprint density at radius 2 is 1.75 bits per heavy atom. The van der Waals surface area contributed by atoms with Gasteiger partial charge in [-0.3, -0.25) is 11.3 Å². The van der Waals surface area contributed by atoms with Gasteiger partial charge in [0.2, 0.25) is 0 Å². The van der Waals surface area contributed by atoms with Crippen molar-refractivity contribution < 1.29 is 0 Å². The number of nitrogens with two attached hydrogens (primary N) is 1. The fraction of sp³-hybridized carbons (Fsp3) is 0.667. The van der Waals surface area contributed by atoms with Crippen molar-refractivity contribution in [2.45, 2.75) is 71.8 Å². The second-order valence-corrected chi connectivity index (χ2v) is 6.18. The van der Waals surface area contributed by atoms with Gasteiger partial charge in [-0.15, -0.1) is 0 Å². The standard InChI is InChI=1S/C18H32N2/c1-5-7-8-16(6-2)18(20-19)13-15-9-11-17(12-10-15)14(3)4/h9-12,14,16,18,20H,5-8,13,19H2,1-4H3. The molecule has 1 aromatic rings. The second-order valence-electron chi connectivity index (χ2n) is 6.18. The van der Waals surface area contributed by atoms with E-state index in [1.807, 2.05) is 0 Å². The number of unbranched alkanes of at least 4 members (excludes halogenated alkanes) is 1. The zero-order valence-electron chi connectivity index (χ0n) is 13.7. The first-order valence-electron chi connectivity index (χ1n) is 8.17. The highest BCUT2D eigenvalue weighted by atomic mass is 15.2. The summed E-state index contributed by atoms with van der Waals surface area (Å²) in [6.07, 6.45) is 6.04. The van der Waals surface area contributed by atoms with Crippen LogP contribution in [0, 0.1) is 5.92 Å². The first kappa shape index (κ1) is 17.2. The molecule has 2 atom stereocenters. The maximum atomic E-state index is 5.80.